The first-order valence-electron chi connectivity index (χ1n) is 5.65. The molecule has 0 aliphatic carbocycles. The minimum absolute atomic E-state index is 0.173. The Morgan fingerprint density at radius 1 is 1.16 bits per heavy atom. The monoisotopic (exact) mass is 277 g/mol. The number of piperidine rings is 1. The number of alkyl halides is 2. The lowest BCUT2D eigenvalue weighted by atomic mass is 10.1. The molecule has 7 heteroatoms. The van der Waals surface area contributed by atoms with Crippen LogP contribution in [0.25, 0.3) is 0 Å². The van der Waals surface area contributed by atoms with E-state index in [1.807, 2.05) is 0 Å². The molecule has 0 atom stereocenters. The van der Waals surface area contributed by atoms with Crippen molar-refractivity contribution in [3.05, 3.63) is 29.3 Å². The summed E-state index contributed by atoms with van der Waals surface area (Å²) in [5.41, 5.74) is -0.957. The lowest BCUT2D eigenvalue weighted by Gasteiger charge is -2.33. The second-order valence-electron chi connectivity index (χ2n) is 4.44. The fraction of sp³-hybridized carbons (Fsp3) is 0.417. The summed E-state index contributed by atoms with van der Waals surface area (Å²) >= 11 is 0. The Labute approximate surface area is 106 Å². The zero-order valence-electron chi connectivity index (χ0n) is 9.80. The topological polar surface area (TPSA) is 40.5 Å². The maximum atomic E-state index is 13.7. The Morgan fingerprint density at radius 2 is 1.63 bits per heavy atom. The summed E-state index contributed by atoms with van der Waals surface area (Å²) in [7, 11) is 0. The van der Waals surface area contributed by atoms with Crippen LogP contribution < -0.4 is 4.90 Å². The van der Waals surface area contributed by atoms with Crippen molar-refractivity contribution in [2.75, 3.05) is 18.0 Å². The lowest BCUT2D eigenvalue weighted by molar-refractivity contribution is -0.0222. The summed E-state index contributed by atoms with van der Waals surface area (Å²) in [4.78, 5) is 11.8. The Kier molecular flexibility index (Phi) is 3.38. The summed E-state index contributed by atoms with van der Waals surface area (Å²) in [6, 6.07) is 1.38. The largest absolute Gasteiger partial charge is 0.478 e. The molecule has 1 aromatic rings. The summed E-state index contributed by atoms with van der Waals surface area (Å²) in [6.45, 7) is -0.347. The van der Waals surface area contributed by atoms with E-state index in [4.69, 9.17) is 5.11 Å². The molecule has 1 N–H and O–H groups in total. The normalized spacial score (nSPS) is 18.4. The second kappa shape index (κ2) is 4.71. The predicted molar refractivity (Wildman–Crippen MR) is 59.7 cm³/mol. The zero-order valence-corrected chi connectivity index (χ0v) is 9.80. The molecule has 1 saturated heterocycles. The Bertz CT molecular complexity index is 485. The van der Waals surface area contributed by atoms with Crippen molar-refractivity contribution in [2.45, 2.75) is 18.8 Å². The predicted octanol–water partition coefficient (Wildman–Crippen LogP) is 2.90. The van der Waals surface area contributed by atoms with E-state index in [-0.39, 0.29) is 13.1 Å². The fourth-order valence-electron chi connectivity index (χ4n) is 2.05. The molecule has 3 nitrogen and oxygen atoms in total. The van der Waals surface area contributed by atoms with Gasteiger partial charge in [0.1, 0.15) is 17.3 Å². The molecule has 1 heterocycles. The molecule has 1 aliphatic heterocycles. The molecule has 1 fully saturated rings. The number of hydrogen-bond donors (Lipinski definition) is 1. The minimum Gasteiger partial charge on any atom is -0.478 e. The summed E-state index contributed by atoms with van der Waals surface area (Å²) in [5, 5.41) is 8.66. The number of halogens is 4. The molecular formula is C12H11F4NO2. The standard InChI is InChI=1S/C12H11F4NO2/c13-8-5-7(11(18)19)6-9(14)10(8)17-3-1-12(15,16)2-4-17/h5-6H,1-4H2,(H,18,19). The van der Waals surface area contributed by atoms with E-state index >= 15 is 0 Å². The number of hydrogen-bond acceptors (Lipinski definition) is 2. The minimum atomic E-state index is -2.82. The van der Waals surface area contributed by atoms with Crippen LogP contribution in [-0.4, -0.2) is 30.1 Å². The van der Waals surface area contributed by atoms with Crippen LogP contribution >= 0.6 is 0 Å². The molecule has 2 rings (SSSR count). The van der Waals surface area contributed by atoms with E-state index in [2.05, 4.69) is 0 Å². The number of anilines is 1. The molecule has 1 aromatic carbocycles. The van der Waals surface area contributed by atoms with Crippen molar-refractivity contribution >= 4 is 11.7 Å². The molecule has 19 heavy (non-hydrogen) atoms. The van der Waals surface area contributed by atoms with Crippen LogP contribution in [0, 0.1) is 11.6 Å². The SMILES string of the molecule is O=C(O)c1cc(F)c(N2CCC(F)(F)CC2)c(F)c1. The van der Waals surface area contributed by atoms with Crippen LogP contribution in [0.4, 0.5) is 23.2 Å². The molecule has 0 bridgehead atoms. The Morgan fingerprint density at radius 3 is 2.05 bits per heavy atom. The zero-order chi connectivity index (χ0) is 14.2. The first-order valence-corrected chi connectivity index (χ1v) is 5.65. The van der Waals surface area contributed by atoms with Crippen LogP contribution in [0.15, 0.2) is 12.1 Å². The highest BCUT2D eigenvalue weighted by Crippen LogP contribution is 2.33. The van der Waals surface area contributed by atoms with Crippen LogP contribution in [0.3, 0.4) is 0 Å². The van der Waals surface area contributed by atoms with Gasteiger partial charge in [-0.3, -0.25) is 0 Å². The highest BCUT2D eigenvalue weighted by molar-refractivity contribution is 5.88. The van der Waals surface area contributed by atoms with Gasteiger partial charge < -0.3 is 10.0 Å². The number of carboxylic acids is 1. The van der Waals surface area contributed by atoms with Gasteiger partial charge in [0.05, 0.1) is 5.56 Å². The summed E-state index contributed by atoms with van der Waals surface area (Å²) in [6.07, 6.45) is -0.959. The van der Waals surface area contributed by atoms with E-state index in [9.17, 15) is 22.4 Å². The number of carboxylic acid groups (broad SMARTS) is 1. The summed E-state index contributed by atoms with van der Waals surface area (Å²) < 4.78 is 53.4. The molecule has 0 unspecified atom stereocenters. The number of rotatable bonds is 2. The smallest absolute Gasteiger partial charge is 0.335 e. The highest BCUT2D eigenvalue weighted by Gasteiger charge is 2.35. The van der Waals surface area contributed by atoms with Crippen LogP contribution in [0.1, 0.15) is 23.2 Å². The van der Waals surface area contributed by atoms with Gasteiger partial charge in [-0.05, 0) is 12.1 Å². The third kappa shape index (κ3) is 2.80. The van der Waals surface area contributed by atoms with Gasteiger partial charge >= 0.3 is 5.97 Å². The van der Waals surface area contributed by atoms with Gasteiger partial charge in [0, 0.05) is 25.9 Å². The lowest BCUT2D eigenvalue weighted by Crippen LogP contribution is -2.40. The van der Waals surface area contributed by atoms with Gasteiger partial charge in [0.15, 0.2) is 0 Å². The van der Waals surface area contributed by atoms with E-state index in [1.165, 1.54) is 4.90 Å². The van der Waals surface area contributed by atoms with E-state index in [0.29, 0.717) is 12.1 Å². The molecular weight excluding hydrogens is 266 g/mol. The van der Waals surface area contributed by atoms with Crippen molar-refractivity contribution in [3.8, 4) is 0 Å². The molecule has 104 valence electrons. The molecule has 0 radical (unpaired) electrons. The Balaban J connectivity index is 2.29. The maximum Gasteiger partial charge on any atom is 0.335 e. The molecule has 1 aliphatic rings. The van der Waals surface area contributed by atoms with E-state index in [0.717, 1.165) is 0 Å². The highest BCUT2D eigenvalue weighted by atomic mass is 19.3. The maximum absolute atomic E-state index is 13.7. The fourth-order valence-corrected chi connectivity index (χ4v) is 2.05. The summed E-state index contributed by atoms with van der Waals surface area (Å²) in [5.74, 6) is -6.37. The molecule has 0 amide bonds. The van der Waals surface area contributed by atoms with Gasteiger partial charge in [0.25, 0.3) is 5.92 Å². The van der Waals surface area contributed by atoms with Crippen molar-refractivity contribution in [1.29, 1.82) is 0 Å². The van der Waals surface area contributed by atoms with Gasteiger partial charge in [-0.2, -0.15) is 0 Å². The third-order valence-electron chi connectivity index (χ3n) is 3.08. The van der Waals surface area contributed by atoms with Crippen LogP contribution in [0.2, 0.25) is 0 Å². The van der Waals surface area contributed by atoms with Crippen molar-refractivity contribution in [3.63, 3.8) is 0 Å². The number of carbonyl (C=O) groups is 1. The third-order valence-corrected chi connectivity index (χ3v) is 3.08. The van der Waals surface area contributed by atoms with Crippen molar-refractivity contribution < 1.29 is 27.5 Å². The van der Waals surface area contributed by atoms with Gasteiger partial charge in [-0.15, -0.1) is 0 Å². The van der Waals surface area contributed by atoms with E-state index in [1.54, 1.807) is 0 Å². The quantitative estimate of drug-likeness (QED) is 0.845. The number of benzene rings is 1. The van der Waals surface area contributed by atoms with Crippen LogP contribution in [-0.2, 0) is 0 Å². The first-order chi connectivity index (χ1) is 8.80. The number of nitrogens with zero attached hydrogens (tertiary/aromatic N) is 1. The average Bonchev–Trinajstić information content (AvgIpc) is 2.30. The second-order valence-corrected chi connectivity index (χ2v) is 4.44. The van der Waals surface area contributed by atoms with E-state index < -0.39 is 47.6 Å². The van der Waals surface area contributed by atoms with Crippen molar-refractivity contribution in [1.82, 2.24) is 0 Å². The molecule has 0 aromatic heterocycles. The van der Waals surface area contributed by atoms with Crippen molar-refractivity contribution in [2.24, 2.45) is 0 Å². The van der Waals surface area contributed by atoms with Gasteiger partial charge in [-0.1, -0.05) is 0 Å². The average molecular weight is 277 g/mol. The first kappa shape index (κ1) is 13.6. The Hall–Kier alpha value is -1.79. The number of aromatic carboxylic acids is 1. The van der Waals surface area contributed by atoms with Crippen LogP contribution in [0.5, 0.6) is 0 Å². The van der Waals surface area contributed by atoms with Gasteiger partial charge in [0.2, 0.25) is 0 Å². The molecule has 0 spiro atoms. The van der Waals surface area contributed by atoms with Gasteiger partial charge in [-0.25, -0.2) is 22.4 Å². The molecule has 0 saturated carbocycles.